The van der Waals surface area contributed by atoms with Crippen LogP contribution in [0.1, 0.15) is 19.8 Å². The van der Waals surface area contributed by atoms with Crippen LogP contribution in [0, 0.1) is 0 Å². The van der Waals surface area contributed by atoms with E-state index in [2.05, 4.69) is 146 Å². The zero-order valence-corrected chi connectivity index (χ0v) is 24.9. The number of hydrogen-bond donors (Lipinski definition) is 0. The van der Waals surface area contributed by atoms with E-state index in [1.54, 1.807) is 6.08 Å². The summed E-state index contributed by atoms with van der Waals surface area (Å²) in [4.78, 5) is 4.45. The lowest BCUT2D eigenvalue weighted by molar-refractivity contribution is 0.986. The molecule has 0 saturated carbocycles. The second kappa shape index (κ2) is 14.0. The lowest BCUT2D eigenvalue weighted by atomic mass is 9.99. The molecule has 4 aromatic carbocycles. The Morgan fingerprint density at radius 1 is 0.581 bits per heavy atom. The molecular formula is C41H38N2. The molecule has 43 heavy (non-hydrogen) atoms. The first-order chi connectivity index (χ1) is 21.2. The maximum atomic E-state index is 4.04. The van der Waals surface area contributed by atoms with Crippen molar-refractivity contribution in [3.63, 3.8) is 0 Å². The zero-order valence-electron chi connectivity index (χ0n) is 24.9. The molecule has 0 atom stereocenters. The lowest BCUT2D eigenvalue weighted by Gasteiger charge is -2.28. The number of para-hydroxylation sites is 1. The molecule has 0 radical (unpaired) electrons. The normalized spacial score (nSPS) is 13.2. The molecule has 0 aliphatic heterocycles. The lowest BCUT2D eigenvalue weighted by Crippen LogP contribution is -2.20. The van der Waals surface area contributed by atoms with Crippen molar-refractivity contribution < 1.29 is 0 Å². The smallest absolute Gasteiger partial charge is 0.0462 e. The number of allylic oxidation sites excluding steroid dienone is 8. The molecule has 0 bridgehead atoms. The van der Waals surface area contributed by atoms with Gasteiger partial charge >= 0.3 is 0 Å². The number of rotatable bonds is 11. The van der Waals surface area contributed by atoms with Crippen LogP contribution in [0.3, 0.4) is 0 Å². The summed E-state index contributed by atoms with van der Waals surface area (Å²) in [6.07, 6.45) is 18.5. The Bertz CT molecular complexity index is 1680. The van der Waals surface area contributed by atoms with E-state index >= 15 is 0 Å². The molecule has 0 N–H and O–H groups in total. The molecule has 0 aromatic heterocycles. The Labute approximate surface area is 256 Å². The van der Waals surface area contributed by atoms with Crippen LogP contribution in [0.15, 0.2) is 189 Å². The highest BCUT2D eigenvalue weighted by Gasteiger charge is 2.15. The first-order valence-electron chi connectivity index (χ1n) is 14.7. The number of benzene rings is 4. The van der Waals surface area contributed by atoms with E-state index < -0.39 is 0 Å². The summed E-state index contributed by atoms with van der Waals surface area (Å²) < 4.78 is 0. The van der Waals surface area contributed by atoms with Gasteiger partial charge in [0.15, 0.2) is 0 Å². The van der Waals surface area contributed by atoms with Crippen molar-refractivity contribution in [2.75, 3.05) is 9.80 Å². The molecule has 212 valence electrons. The zero-order chi connectivity index (χ0) is 30.0. The molecule has 0 unspecified atom stereocenters. The van der Waals surface area contributed by atoms with Gasteiger partial charge in [-0.2, -0.15) is 0 Å². The van der Waals surface area contributed by atoms with Crippen LogP contribution >= 0.6 is 0 Å². The molecule has 0 amide bonds. The van der Waals surface area contributed by atoms with Gasteiger partial charge in [-0.15, -0.1) is 0 Å². The maximum absolute atomic E-state index is 4.04. The Balaban J connectivity index is 1.37. The fourth-order valence-electron chi connectivity index (χ4n) is 5.39. The Morgan fingerprint density at radius 3 is 1.51 bits per heavy atom. The number of anilines is 3. The van der Waals surface area contributed by atoms with E-state index in [9.17, 15) is 0 Å². The highest BCUT2D eigenvalue weighted by Crippen LogP contribution is 2.34. The second-order valence-corrected chi connectivity index (χ2v) is 10.2. The van der Waals surface area contributed by atoms with E-state index in [0.29, 0.717) is 0 Å². The van der Waals surface area contributed by atoms with Crippen LogP contribution in [-0.4, -0.2) is 0 Å². The standard InChI is InChI=1S/C41H38N2/c1-5-15-37(8-4)43(39-18-13-10-14-19-39)41-30-26-35(27-31-41)33-22-20-32(21-23-33)34-24-28-40(29-25-34)42(36(6-2)7-3)38-16-11-9-12-17-38/h5-8,10-11,13-31H,1-2,4,9,12H2,3H3/b36-7+,37-15+. The third-order valence-electron chi connectivity index (χ3n) is 7.57. The van der Waals surface area contributed by atoms with Crippen molar-refractivity contribution in [2.24, 2.45) is 0 Å². The third-order valence-corrected chi connectivity index (χ3v) is 7.57. The van der Waals surface area contributed by atoms with Gasteiger partial charge in [-0.05, 0) is 103 Å². The van der Waals surface area contributed by atoms with Crippen molar-refractivity contribution in [2.45, 2.75) is 19.8 Å². The third kappa shape index (κ3) is 6.60. The molecular weight excluding hydrogens is 520 g/mol. The van der Waals surface area contributed by atoms with Gasteiger partial charge in [0.2, 0.25) is 0 Å². The van der Waals surface area contributed by atoms with Gasteiger partial charge in [-0.25, -0.2) is 0 Å². The first kappa shape index (κ1) is 29.2. The minimum absolute atomic E-state index is 0.964. The van der Waals surface area contributed by atoms with Crippen molar-refractivity contribution in [1.29, 1.82) is 0 Å². The van der Waals surface area contributed by atoms with Crippen molar-refractivity contribution in [3.05, 3.63) is 189 Å². The highest BCUT2D eigenvalue weighted by atomic mass is 15.2. The summed E-state index contributed by atoms with van der Waals surface area (Å²) in [5, 5.41) is 0. The van der Waals surface area contributed by atoms with E-state index in [-0.39, 0.29) is 0 Å². The van der Waals surface area contributed by atoms with Crippen LogP contribution < -0.4 is 9.80 Å². The summed E-state index contributed by atoms with van der Waals surface area (Å²) in [5.74, 6) is 0. The minimum Gasteiger partial charge on any atom is -0.311 e. The number of hydrogen-bond acceptors (Lipinski definition) is 2. The Hall–Kier alpha value is -5.34. The molecule has 5 rings (SSSR count). The van der Waals surface area contributed by atoms with Gasteiger partial charge < -0.3 is 9.80 Å². The molecule has 0 heterocycles. The van der Waals surface area contributed by atoms with Crippen LogP contribution in [0.2, 0.25) is 0 Å². The average molecular weight is 559 g/mol. The highest BCUT2D eigenvalue weighted by molar-refractivity contribution is 5.76. The predicted octanol–water partition coefficient (Wildman–Crippen LogP) is 11.5. The SMILES string of the molecule is C=C/C=C(\C=C)N(c1ccccc1)c1ccc(-c2ccc(-c3ccc(N(C4=CCCC=C4)/C(C=C)=C/C)cc3)cc2)cc1. The predicted molar refractivity (Wildman–Crippen MR) is 187 cm³/mol. The maximum Gasteiger partial charge on any atom is 0.0462 e. The topological polar surface area (TPSA) is 6.48 Å². The summed E-state index contributed by atoms with van der Waals surface area (Å²) in [6, 6.07) is 36.5. The van der Waals surface area contributed by atoms with Crippen molar-refractivity contribution in [1.82, 2.24) is 0 Å². The summed E-state index contributed by atoms with van der Waals surface area (Å²) in [7, 11) is 0. The van der Waals surface area contributed by atoms with E-state index in [0.717, 1.165) is 41.3 Å². The second-order valence-electron chi connectivity index (χ2n) is 10.2. The van der Waals surface area contributed by atoms with E-state index in [1.165, 1.54) is 28.0 Å². The molecule has 2 heteroatoms. The van der Waals surface area contributed by atoms with Crippen LogP contribution in [0.25, 0.3) is 22.3 Å². The molecule has 1 aliphatic rings. The molecule has 0 spiro atoms. The molecule has 2 nitrogen and oxygen atoms in total. The first-order valence-corrected chi connectivity index (χ1v) is 14.7. The quantitative estimate of drug-likeness (QED) is 0.169. The van der Waals surface area contributed by atoms with Gasteiger partial charge in [0.25, 0.3) is 0 Å². The van der Waals surface area contributed by atoms with Gasteiger partial charge in [-0.1, -0.05) is 111 Å². The summed E-state index contributed by atoms with van der Waals surface area (Å²) >= 11 is 0. The molecule has 1 aliphatic carbocycles. The van der Waals surface area contributed by atoms with Crippen LogP contribution in [0.4, 0.5) is 17.1 Å². The average Bonchev–Trinajstić information content (AvgIpc) is 3.08. The molecule has 0 saturated heterocycles. The monoisotopic (exact) mass is 558 g/mol. The Morgan fingerprint density at radius 2 is 1.07 bits per heavy atom. The fourth-order valence-corrected chi connectivity index (χ4v) is 5.39. The van der Waals surface area contributed by atoms with Gasteiger partial charge in [0, 0.05) is 34.2 Å². The minimum atomic E-state index is 0.964. The summed E-state index contributed by atoms with van der Waals surface area (Å²) in [5.41, 5.74) is 11.2. The van der Waals surface area contributed by atoms with Crippen LogP contribution in [-0.2, 0) is 0 Å². The van der Waals surface area contributed by atoms with E-state index in [4.69, 9.17) is 0 Å². The fraction of sp³-hybridized carbons (Fsp3) is 0.0732. The largest absolute Gasteiger partial charge is 0.311 e. The van der Waals surface area contributed by atoms with E-state index in [1.807, 2.05) is 36.4 Å². The van der Waals surface area contributed by atoms with Crippen molar-refractivity contribution in [3.8, 4) is 22.3 Å². The summed E-state index contributed by atoms with van der Waals surface area (Å²) in [6.45, 7) is 14.0. The Kier molecular flexibility index (Phi) is 9.51. The van der Waals surface area contributed by atoms with Crippen molar-refractivity contribution >= 4 is 17.1 Å². The molecule has 4 aromatic rings. The van der Waals surface area contributed by atoms with Gasteiger partial charge in [-0.3, -0.25) is 0 Å². The van der Waals surface area contributed by atoms with Gasteiger partial charge in [0.1, 0.15) is 0 Å². The molecule has 0 fully saturated rings. The van der Waals surface area contributed by atoms with Gasteiger partial charge in [0.05, 0.1) is 0 Å². The van der Waals surface area contributed by atoms with Crippen LogP contribution in [0.5, 0.6) is 0 Å². The number of nitrogens with zero attached hydrogens (tertiary/aromatic N) is 2.